The van der Waals surface area contributed by atoms with Crippen molar-refractivity contribution in [3.05, 3.63) is 35.9 Å². The minimum atomic E-state index is 0.0773. The molecule has 5 heteroatoms. The van der Waals surface area contributed by atoms with Crippen LogP contribution < -0.4 is 10.6 Å². The Bertz CT molecular complexity index is 392. The van der Waals surface area contributed by atoms with Crippen LogP contribution in [0.4, 0.5) is 0 Å². The van der Waals surface area contributed by atoms with Gasteiger partial charge in [0.05, 0.1) is 6.54 Å². The molecule has 0 bridgehead atoms. The number of carbonyl (C=O) groups is 2. The van der Waals surface area contributed by atoms with Gasteiger partial charge in [-0.15, -0.1) is 0 Å². The summed E-state index contributed by atoms with van der Waals surface area (Å²) in [5, 5.41) is 5.87. The van der Waals surface area contributed by atoms with Gasteiger partial charge in [-0.3, -0.25) is 9.59 Å². The Hall–Kier alpha value is -1.88. The monoisotopic (exact) mass is 264 g/mol. The van der Waals surface area contributed by atoms with Gasteiger partial charge in [0, 0.05) is 12.1 Å². The van der Waals surface area contributed by atoms with Gasteiger partial charge in [0.2, 0.25) is 5.91 Å². The van der Waals surface area contributed by atoms with Crippen molar-refractivity contribution in [3.63, 3.8) is 0 Å². The van der Waals surface area contributed by atoms with Crippen LogP contribution in [0.3, 0.4) is 0 Å². The summed E-state index contributed by atoms with van der Waals surface area (Å²) in [4.78, 5) is 20.3. The molecule has 1 saturated heterocycles. The van der Waals surface area contributed by atoms with E-state index in [1.165, 1.54) is 0 Å². The second-order valence-electron chi connectivity index (χ2n) is 4.91. The van der Waals surface area contributed by atoms with E-state index in [2.05, 4.69) is 29.2 Å². The number of hydrogen-bond donors (Lipinski definition) is 2. The highest BCUT2D eigenvalue weighted by molar-refractivity contribution is 5.79. The predicted octanol–water partition coefficient (Wildman–Crippen LogP) is 0.844. The number of nitrogens with one attached hydrogen (secondary N) is 2. The molecule has 104 valence electrons. The smallest absolute Gasteiger partial charge is 0.293 e. The molecule has 1 aromatic carbocycles. The molecular formula is C14H20N2O3. The summed E-state index contributed by atoms with van der Waals surface area (Å²) in [6.07, 6.45) is 0. The van der Waals surface area contributed by atoms with Crippen molar-refractivity contribution in [3.8, 4) is 0 Å². The van der Waals surface area contributed by atoms with E-state index in [0.717, 1.165) is 12.1 Å². The maximum Gasteiger partial charge on any atom is 0.293 e. The lowest BCUT2D eigenvalue weighted by molar-refractivity contribution is -0.129. The lowest BCUT2D eigenvalue weighted by atomic mass is 10.0. The zero-order valence-electron chi connectivity index (χ0n) is 11.3. The summed E-state index contributed by atoms with van der Waals surface area (Å²) < 4.78 is 4.54. The van der Waals surface area contributed by atoms with Crippen molar-refractivity contribution in [2.75, 3.05) is 13.1 Å². The Morgan fingerprint density at radius 1 is 1.32 bits per heavy atom. The van der Waals surface area contributed by atoms with E-state index in [4.69, 9.17) is 0 Å². The standard InChI is InChI=1S/C8H8O2.C6H12N2O/c9-7-10-6-8-4-2-1-3-5-8;1-6(2)4-7-5(9)3-8-6/h1-5,7H,6H2;8H,3-4H2,1-2H3,(H,7,9). The Kier molecular flexibility index (Phi) is 6.02. The first kappa shape index (κ1) is 15.2. The molecule has 19 heavy (non-hydrogen) atoms. The quantitative estimate of drug-likeness (QED) is 0.794. The average Bonchev–Trinajstić information content (AvgIpc) is 2.42. The molecule has 1 aliphatic rings. The molecule has 0 aliphatic carbocycles. The van der Waals surface area contributed by atoms with Gasteiger partial charge in [0.15, 0.2) is 0 Å². The molecule has 1 heterocycles. The molecule has 0 atom stereocenters. The zero-order valence-corrected chi connectivity index (χ0v) is 11.3. The molecule has 5 nitrogen and oxygen atoms in total. The first-order valence-electron chi connectivity index (χ1n) is 6.14. The van der Waals surface area contributed by atoms with Crippen molar-refractivity contribution < 1.29 is 14.3 Å². The Morgan fingerprint density at radius 3 is 2.47 bits per heavy atom. The number of ether oxygens (including phenoxy) is 1. The van der Waals surface area contributed by atoms with Gasteiger partial charge in [0.25, 0.3) is 6.47 Å². The summed E-state index contributed by atoms with van der Waals surface area (Å²) in [6, 6.07) is 9.55. The van der Waals surface area contributed by atoms with E-state index in [0.29, 0.717) is 19.6 Å². The van der Waals surface area contributed by atoms with Crippen LogP contribution in [0, 0.1) is 0 Å². The van der Waals surface area contributed by atoms with Crippen molar-refractivity contribution in [2.24, 2.45) is 0 Å². The Morgan fingerprint density at radius 2 is 2.00 bits per heavy atom. The highest BCUT2D eigenvalue weighted by atomic mass is 16.5. The Balaban J connectivity index is 0.000000191. The van der Waals surface area contributed by atoms with E-state index in [1.807, 2.05) is 30.3 Å². The maximum absolute atomic E-state index is 10.6. The average molecular weight is 264 g/mol. The molecule has 0 aromatic heterocycles. The Labute approximate surface area is 113 Å². The number of amides is 1. The van der Waals surface area contributed by atoms with Crippen LogP contribution in [-0.2, 0) is 20.9 Å². The van der Waals surface area contributed by atoms with Crippen LogP contribution in [0.1, 0.15) is 19.4 Å². The molecule has 0 spiro atoms. The maximum atomic E-state index is 10.6. The minimum absolute atomic E-state index is 0.0773. The minimum Gasteiger partial charge on any atom is -0.463 e. The van der Waals surface area contributed by atoms with E-state index in [9.17, 15) is 9.59 Å². The van der Waals surface area contributed by atoms with Gasteiger partial charge >= 0.3 is 0 Å². The highest BCUT2D eigenvalue weighted by Gasteiger charge is 2.23. The number of benzene rings is 1. The fourth-order valence-corrected chi connectivity index (χ4v) is 1.47. The van der Waals surface area contributed by atoms with Crippen LogP contribution >= 0.6 is 0 Å². The van der Waals surface area contributed by atoms with E-state index >= 15 is 0 Å². The molecule has 0 unspecified atom stereocenters. The van der Waals surface area contributed by atoms with Gasteiger partial charge in [0.1, 0.15) is 6.61 Å². The molecule has 2 rings (SSSR count). The summed E-state index contributed by atoms with van der Waals surface area (Å²) in [5.41, 5.74) is 1.09. The number of rotatable bonds is 3. The molecule has 2 N–H and O–H groups in total. The van der Waals surface area contributed by atoms with Crippen molar-refractivity contribution >= 4 is 12.4 Å². The summed E-state index contributed by atoms with van der Waals surface area (Å²) in [6.45, 7) is 6.12. The second kappa shape index (κ2) is 7.53. The third kappa shape index (κ3) is 6.57. The summed E-state index contributed by atoms with van der Waals surface area (Å²) in [7, 11) is 0. The lowest BCUT2D eigenvalue weighted by Crippen LogP contribution is -2.57. The van der Waals surface area contributed by atoms with Crippen molar-refractivity contribution in [1.82, 2.24) is 10.6 Å². The van der Waals surface area contributed by atoms with Gasteiger partial charge in [-0.25, -0.2) is 0 Å². The number of piperazine rings is 1. The molecule has 0 radical (unpaired) electrons. The van der Waals surface area contributed by atoms with Crippen LogP contribution in [0.5, 0.6) is 0 Å². The van der Waals surface area contributed by atoms with Crippen molar-refractivity contribution in [2.45, 2.75) is 26.0 Å². The van der Waals surface area contributed by atoms with Crippen LogP contribution in [0.2, 0.25) is 0 Å². The van der Waals surface area contributed by atoms with Crippen LogP contribution in [0.25, 0.3) is 0 Å². The third-order valence-corrected chi connectivity index (χ3v) is 2.62. The topological polar surface area (TPSA) is 67.4 Å². The summed E-state index contributed by atoms with van der Waals surface area (Å²) in [5.74, 6) is 0.0920. The first-order chi connectivity index (χ1) is 9.03. The molecular weight excluding hydrogens is 244 g/mol. The van der Waals surface area contributed by atoms with E-state index in [-0.39, 0.29) is 11.4 Å². The number of hydrogen-bond acceptors (Lipinski definition) is 4. The van der Waals surface area contributed by atoms with Crippen LogP contribution in [-0.4, -0.2) is 31.0 Å². The molecule has 1 aliphatic heterocycles. The second-order valence-corrected chi connectivity index (χ2v) is 4.91. The van der Waals surface area contributed by atoms with Gasteiger partial charge in [-0.05, 0) is 19.4 Å². The first-order valence-corrected chi connectivity index (χ1v) is 6.14. The third-order valence-electron chi connectivity index (χ3n) is 2.62. The van der Waals surface area contributed by atoms with E-state index < -0.39 is 0 Å². The SMILES string of the molecule is CC1(C)CNC(=O)CN1.O=COCc1ccccc1. The van der Waals surface area contributed by atoms with Crippen LogP contribution in [0.15, 0.2) is 30.3 Å². The largest absolute Gasteiger partial charge is 0.463 e. The zero-order chi connectivity index (χ0) is 14.1. The van der Waals surface area contributed by atoms with Gasteiger partial charge in [-0.1, -0.05) is 30.3 Å². The highest BCUT2D eigenvalue weighted by Crippen LogP contribution is 2.01. The fraction of sp³-hybridized carbons (Fsp3) is 0.429. The number of carbonyl (C=O) groups excluding carboxylic acids is 2. The predicted molar refractivity (Wildman–Crippen MR) is 72.4 cm³/mol. The lowest BCUT2D eigenvalue weighted by Gasteiger charge is -2.30. The van der Waals surface area contributed by atoms with Gasteiger partial charge < -0.3 is 15.4 Å². The van der Waals surface area contributed by atoms with Gasteiger partial charge in [-0.2, -0.15) is 0 Å². The summed E-state index contributed by atoms with van der Waals surface area (Å²) >= 11 is 0. The molecule has 1 amide bonds. The molecule has 0 saturated carbocycles. The van der Waals surface area contributed by atoms with Crippen molar-refractivity contribution in [1.29, 1.82) is 0 Å². The van der Waals surface area contributed by atoms with E-state index in [1.54, 1.807) is 0 Å². The fourth-order valence-electron chi connectivity index (χ4n) is 1.47. The molecule has 1 aromatic rings. The normalized spacial score (nSPS) is 16.6. The molecule has 1 fully saturated rings.